The van der Waals surface area contributed by atoms with Gasteiger partial charge in [0.2, 0.25) is 5.01 Å². The van der Waals surface area contributed by atoms with Crippen LogP contribution in [-0.4, -0.2) is 11.3 Å². The van der Waals surface area contributed by atoms with Crippen LogP contribution >= 0.6 is 31.9 Å². The summed E-state index contributed by atoms with van der Waals surface area (Å²) in [5, 5.41) is -0.571. The summed E-state index contributed by atoms with van der Waals surface area (Å²) >= 11 is 6.32. The number of carbonyl (C=O) groups is 1. The van der Waals surface area contributed by atoms with E-state index in [0.29, 0.717) is 12.0 Å². The molecule has 1 aromatic carbocycles. The lowest BCUT2D eigenvalue weighted by Crippen LogP contribution is -2.08. The van der Waals surface area contributed by atoms with E-state index in [-0.39, 0.29) is 0 Å². The van der Waals surface area contributed by atoms with Gasteiger partial charge in [0.05, 0.1) is 0 Å². The van der Waals surface area contributed by atoms with Crippen LogP contribution in [0.2, 0.25) is 0 Å². The molecule has 0 heterocycles. The van der Waals surface area contributed by atoms with Crippen molar-refractivity contribution in [2.45, 2.75) is 5.01 Å². The molecule has 1 rings (SSSR count). The van der Waals surface area contributed by atoms with Crippen LogP contribution in [0.25, 0.3) is 0 Å². The molecule has 0 fully saturated rings. The van der Waals surface area contributed by atoms with Crippen LogP contribution < -0.4 is 4.74 Å². The van der Waals surface area contributed by atoms with E-state index in [9.17, 15) is 4.79 Å². The molecule has 0 N–H and O–H groups in total. The van der Waals surface area contributed by atoms with Crippen LogP contribution in [0.5, 0.6) is 5.75 Å². The monoisotopic (exact) mass is 292 g/mol. The fraction of sp³-hybridized carbons (Fsp3) is 0.125. The van der Waals surface area contributed by atoms with Gasteiger partial charge >= 0.3 is 0 Å². The summed E-state index contributed by atoms with van der Waals surface area (Å²) in [6.07, 6.45) is 0.683. The average molecular weight is 294 g/mol. The minimum Gasteiger partial charge on any atom is -0.472 e. The van der Waals surface area contributed by atoms with Gasteiger partial charge in [0.25, 0.3) is 0 Å². The third-order valence-electron chi connectivity index (χ3n) is 1.17. The van der Waals surface area contributed by atoms with Gasteiger partial charge in [0.15, 0.2) is 6.29 Å². The quantitative estimate of drug-likeness (QED) is 0.633. The first kappa shape index (κ1) is 9.74. The number of alkyl halides is 1. The van der Waals surface area contributed by atoms with Gasteiger partial charge in [-0.15, -0.1) is 0 Å². The topological polar surface area (TPSA) is 26.3 Å². The van der Waals surface area contributed by atoms with Gasteiger partial charge in [-0.05, 0) is 40.2 Å². The third-order valence-corrected chi connectivity index (χ3v) is 2.10. The van der Waals surface area contributed by atoms with Crippen LogP contribution in [0.4, 0.5) is 0 Å². The molecule has 0 aliphatic carbocycles. The first-order valence-corrected chi connectivity index (χ1v) is 4.95. The number of hydrogen-bond donors (Lipinski definition) is 0. The van der Waals surface area contributed by atoms with Crippen molar-refractivity contribution in [3.63, 3.8) is 0 Å². The number of benzene rings is 1. The fourth-order valence-electron chi connectivity index (χ4n) is 0.671. The minimum absolute atomic E-state index is 0.571. The van der Waals surface area contributed by atoms with Crippen molar-refractivity contribution in [3.05, 3.63) is 28.7 Å². The van der Waals surface area contributed by atoms with Crippen molar-refractivity contribution in [1.29, 1.82) is 0 Å². The highest BCUT2D eigenvalue weighted by Gasteiger charge is 2.01. The fourth-order valence-corrected chi connectivity index (χ4v) is 1.15. The third kappa shape index (κ3) is 2.95. The summed E-state index contributed by atoms with van der Waals surface area (Å²) in [5.41, 5.74) is 0. The van der Waals surface area contributed by atoms with E-state index in [4.69, 9.17) is 4.74 Å². The molecule has 0 bridgehead atoms. The molecule has 12 heavy (non-hydrogen) atoms. The maximum Gasteiger partial charge on any atom is 0.208 e. The molecular formula is C8H6Br2O2. The number of hydrogen-bond acceptors (Lipinski definition) is 2. The molecule has 0 aliphatic rings. The van der Waals surface area contributed by atoms with Crippen LogP contribution in [0.3, 0.4) is 0 Å². The van der Waals surface area contributed by atoms with Gasteiger partial charge in [-0.2, -0.15) is 0 Å². The largest absolute Gasteiger partial charge is 0.472 e. The Balaban J connectivity index is 2.64. The Morgan fingerprint density at radius 2 is 1.92 bits per heavy atom. The molecular weight excluding hydrogens is 288 g/mol. The maximum absolute atomic E-state index is 10.2. The van der Waals surface area contributed by atoms with Crippen molar-refractivity contribution >= 4 is 38.1 Å². The van der Waals surface area contributed by atoms with E-state index in [1.54, 1.807) is 12.1 Å². The standard InChI is InChI=1S/C8H6Br2O2/c9-6-1-3-7(4-2-6)12-8(10)5-11/h1-5,8H. The molecule has 1 atom stereocenters. The number of rotatable bonds is 3. The Labute approximate surface area is 87.2 Å². The first-order chi connectivity index (χ1) is 5.72. The maximum atomic E-state index is 10.2. The second-order valence-corrected chi connectivity index (χ2v) is 3.88. The Hall–Kier alpha value is -0.350. The zero-order valence-electron chi connectivity index (χ0n) is 6.04. The molecule has 0 spiro atoms. The molecule has 1 aromatic rings. The van der Waals surface area contributed by atoms with Gasteiger partial charge in [-0.25, -0.2) is 0 Å². The van der Waals surface area contributed by atoms with Gasteiger partial charge < -0.3 is 4.74 Å². The summed E-state index contributed by atoms with van der Waals surface area (Å²) in [6.45, 7) is 0. The highest BCUT2D eigenvalue weighted by Crippen LogP contribution is 2.17. The van der Waals surface area contributed by atoms with E-state index in [0.717, 1.165) is 4.47 Å². The summed E-state index contributed by atoms with van der Waals surface area (Å²) in [5.74, 6) is 0.659. The predicted octanol–water partition coefficient (Wildman–Crippen LogP) is 2.75. The van der Waals surface area contributed by atoms with E-state index in [2.05, 4.69) is 31.9 Å². The molecule has 0 aliphatic heterocycles. The number of halogens is 2. The molecule has 4 heteroatoms. The average Bonchev–Trinajstić information content (AvgIpc) is 2.09. The highest BCUT2D eigenvalue weighted by atomic mass is 79.9. The van der Waals surface area contributed by atoms with Crippen molar-refractivity contribution in [2.24, 2.45) is 0 Å². The normalized spacial score (nSPS) is 12.2. The number of ether oxygens (including phenoxy) is 1. The lowest BCUT2D eigenvalue weighted by molar-refractivity contribution is -0.110. The lowest BCUT2D eigenvalue weighted by Gasteiger charge is -2.06. The molecule has 0 radical (unpaired) electrons. The summed E-state index contributed by atoms with van der Waals surface area (Å²) in [6, 6.07) is 7.25. The van der Waals surface area contributed by atoms with Crippen LogP contribution in [0, 0.1) is 0 Å². The first-order valence-electron chi connectivity index (χ1n) is 3.24. The van der Waals surface area contributed by atoms with Gasteiger partial charge in [0, 0.05) is 4.47 Å². The van der Waals surface area contributed by atoms with E-state index < -0.39 is 5.01 Å². The van der Waals surface area contributed by atoms with Gasteiger partial charge in [-0.3, -0.25) is 4.79 Å². The van der Waals surface area contributed by atoms with Crippen LogP contribution in [0.1, 0.15) is 0 Å². The molecule has 2 nitrogen and oxygen atoms in total. The SMILES string of the molecule is O=CC(Br)Oc1ccc(Br)cc1. The van der Waals surface area contributed by atoms with E-state index >= 15 is 0 Å². The smallest absolute Gasteiger partial charge is 0.208 e. The molecule has 1 unspecified atom stereocenters. The molecule has 0 aromatic heterocycles. The molecule has 0 saturated carbocycles. The van der Waals surface area contributed by atoms with Crippen molar-refractivity contribution in [1.82, 2.24) is 0 Å². The highest BCUT2D eigenvalue weighted by molar-refractivity contribution is 9.10. The van der Waals surface area contributed by atoms with E-state index in [1.807, 2.05) is 12.1 Å². The molecule has 0 saturated heterocycles. The van der Waals surface area contributed by atoms with Crippen LogP contribution in [0.15, 0.2) is 28.7 Å². The van der Waals surface area contributed by atoms with Crippen LogP contribution in [-0.2, 0) is 4.79 Å². The zero-order chi connectivity index (χ0) is 8.97. The second-order valence-electron chi connectivity index (χ2n) is 2.06. The summed E-state index contributed by atoms with van der Waals surface area (Å²) < 4.78 is 6.13. The molecule has 64 valence electrons. The van der Waals surface area contributed by atoms with E-state index in [1.165, 1.54) is 0 Å². The van der Waals surface area contributed by atoms with Gasteiger partial charge in [-0.1, -0.05) is 15.9 Å². The van der Waals surface area contributed by atoms with Gasteiger partial charge in [0.1, 0.15) is 5.75 Å². The Kier molecular flexibility index (Phi) is 3.75. The lowest BCUT2D eigenvalue weighted by atomic mass is 10.3. The number of carbonyl (C=O) groups excluding carboxylic acids is 1. The predicted molar refractivity (Wildman–Crippen MR) is 53.5 cm³/mol. The van der Waals surface area contributed by atoms with Crippen molar-refractivity contribution in [3.8, 4) is 5.75 Å². The van der Waals surface area contributed by atoms with Crippen molar-refractivity contribution < 1.29 is 9.53 Å². The van der Waals surface area contributed by atoms with Crippen molar-refractivity contribution in [2.75, 3.05) is 0 Å². The Morgan fingerprint density at radius 1 is 1.33 bits per heavy atom. The Bertz CT molecular complexity index is 258. The second kappa shape index (κ2) is 4.62. The zero-order valence-corrected chi connectivity index (χ0v) is 9.21. The minimum atomic E-state index is -0.571. The Morgan fingerprint density at radius 3 is 2.42 bits per heavy atom. The summed E-state index contributed by atoms with van der Waals surface area (Å²) in [4.78, 5) is 10.2. The summed E-state index contributed by atoms with van der Waals surface area (Å²) in [7, 11) is 0. The molecule has 0 amide bonds. The number of aldehydes is 1.